The molecule has 0 fully saturated rings. The van der Waals surface area contributed by atoms with Crippen molar-refractivity contribution in [2.24, 2.45) is 0 Å². The zero-order valence-electron chi connectivity index (χ0n) is 23.7. The number of hydrogen-bond acceptors (Lipinski definition) is 1. The predicted molar refractivity (Wildman–Crippen MR) is 185 cm³/mol. The van der Waals surface area contributed by atoms with Crippen molar-refractivity contribution in [1.29, 1.82) is 0 Å². The highest BCUT2D eigenvalue weighted by Gasteiger charge is 2.14. The molecule has 1 nitrogen and oxygen atoms in total. The molecule has 0 aromatic heterocycles. The van der Waals surface area contributed by atoms with Gasteiger partial charge in [0.1, 0.15) is 0 Å². The molecule has 0 amide bonds. The Morgan fingerprint density at radius 1 is 0.279 bits per heavy atom. The van der Waals surface area contributed by atoms with Crippen LogP contribution in [0.25, 0.3) is 54.6 Å². The average Bonchev–Trinajstić information content (AvgIpc) is 3.09. The third-order valence-corrected chi connectivity index (χ3v) is 8.39. The molecule has 8 rings (SSSR count). The summed E-state index contributed by atoms with van der Waals surface area (Å²) in [6, 6.07) is 63.4. The van der Waals surface area contributed by atoms with Gasteiger partial charge in [0.2, 0.25) is 0 Å². The van der Waals surface area contributed by atoms with Crippen molar-refractivity contribution in [3.8, 4) is 22.3 Å². The molecule has 0 saturated carbocycles. The van der Waals surface area contributed by atoms with Crippen LogP contribution in [0.1, 0.15) is 0 Å². The van der Waals surface area contributed by atoms with Gasteiger partial charge in [-0.15, -0.1) is 0 Å². The van der Waals surface area contributed by atoms with Crippen molar-refractivity contribution >= 4 is 49.4 Å². The first-order valence-electron chi connectivity index (χ1n) is 14.8. The van der Waals surface area contributed by atoms with Crippen molar-refractivity contribution in [1.82, 2.24) is 0 Å². The smallest absolute Gasteiger partial charge is 0.0468 e. The van der Waals surface area contributed by atoms with Crippen molar-refractivity contribution in [3.05, 3.63) is 176 Å². The summed E-state index contributed by atoms with van der Waals surface area (Å²) in [5, 5.41) is 7.51. The Kier molecular flexibility index (Phi) is 6.20. The fourth-order valence-electron chi connectivity index (χ4n) is 6.30. The van der Waals surface area contributed by atoms with Gasteiger partial charge < -0.3 is 4.90 Å². The van der Waals surface area contributed by atoms with Gasteiger partial charge in [0.15, 0.2) is 0 Å². The van der Waals surface area contributed by atoms with E-state index in [1.165, 1.54) is 54.6 Å². The van der Waals surface area contributed by atoms with Crippen LogP contribution in [0.3, 0.4) is 0 Å². The van der Waals surface area contributed by atoms with E-state index >= 15 is 0 Å². The van der Waals surface area contributed by atoms with Gasteiger partial charge in [0.25, 0.3) is 0 Å². The molecule has 43 heavy (non-hydrogen) atoms. The Morgan fingerprint density at radius 3 is 1.37 bits per heavy atom. The number of benzene rings is 8. The summed E-state index contributed by atoms with van der Waals surface area (Å²) < 4.78 is 0. The van der Waals surface area contributed by atoms with Crippen molar-refractivity contribution in [3.63, 3.8) is 0 Å². The first-order chi connectivity index (χ1) is 21.3. The van der Waals surface area contributed by atoms with Gasteiger partial charge in [0.05, 0.1) is 0 Å². The molecule has 202 valence electrons. The predicted octanol–water partition coefficient (Wildman–Crippen LogP) is 11.9. The number of rotatable bonds is 5. The maximum Gasteiger partial charge on any atom is 0.0468 e. The SMILES string of the molecule is c1ccc(-c2cc3ccccc3cc2-c2ccc3c(ccc4cc(N(c5ccccc5)c5ccccc5)ccc43)c2)cc1. The Balaban J connectivity index is 1.26. The number of nitrogens with zero attached hydrogens (tertiary/aromatic N) is 1. The fourth-order valence-corrected chi connectivity index (χ4v) is 6.30. The van der Waals surface area contributed by atoms with Gasteiger partial charge >= 0.3 is 0 Å². The fraction of sp³-hybridized carbons (Fsp3) is 0. The summed E-state index contributed by atoms with van der Waals surface area (Å²) in [5.41, 5.74) is 8.40. The largest absolute Gasteiger partial charge is 0.310 e. The summed E-state index contributed by atoms with van der Waals surface area (Å²) in [6.07, 6.45) is 0. The van der Waals surface area contributed by atoms with E-state index in [1.54, 1.807) is 0 Å². The highest BCUT2D eigenvalue weighted by molar-refractivity contribution is 6.10. The zero-order chi connectivity index (χ0) is 28.6. The maximum absolute atomic E-state index is 2.35. The Hall–Kier alpha value is -5.66. The van der Waals surface area contributed by atoms with E-state index in [1.807, 2.05) is 0 Å². The van der Waals surface area contributed by atoms with E-state index in [-0.39, 0.29) is 0 Å². The normalized spacial score (nSPS) is 11.3. The second kappa shape index (κ2) is 10.6. The molecule has 0 atom stereocenters. The van der Waals surface area contributed by atoms with Gasteiger partial charge in [-0.25, -0.2) is 0 Å². The number of para-hydroxylation sites is 2. The van der Waals surface area contributed by atoms with E-state index in [2.05, 4.69) is 181 Å². The summed E-state index contributed by atoms with van der Waals surface area (Å²) in [6.45, 7) is 0. The summed E-state index contributed by atoms with van der Waals surface area (Å²) in [5.74, 6) is 0. The molecule has 0 aliphatic heterocycles. The van der Waals surface area contributed by atoms with Crippen LogP contribution < -0.4 is 4.90 Å². The molecule has 0 saturated heterocycles. The van der Waals surface area contributed by atoms with Gasteiger partial charge in [0, 0.05) is 17.1 Å². The lowest BCUT2D eigenvalue weighted by Gasteiger charge is -2.25. The molecule has 8 aromatic rings. The van der Waals surface area contributed by atoms with Crippen LogP contribution in [-0.4, -0.2) is 0 Å². The molecule has 1 heteroatoms. The summed E-state index contributed by atoms with van der Waals surface area (Å²) in [7, 11) is 0. The minimum atomic E-state index is 1.14. The van der Waals surface area contributed by atoms with Crippen LogP contribution in [0.5, 0.6) is 0 Å². The summed E-state index contributed by atoms with van der Waals surface area (Å²) >= 11 is 0. The van der Waals surface area contributed by atoms with E-state index in [0.29, 0.717) is 0 Å². The van der Waals surface area contributed by atoms with E-state index < -0.39 is 0 Å². The van der Waals surface area contributed by atoms with Crippen LogP contribution >= 0.6 is 0 Å². The number of anilines is 3. The van der Waals surface area contributed by atoms with Crippen molar-refractivity contribution in [2.45, 2.75) is 0 Å². The average molecular weight is 548 g/mol. The third-order valence-electron chi connectivity index (χ3n) is 8.39. The first-order valence-corrected chi connectivity index (χ1v) is 14.8. The van der Waals surface area contributed by atoms with Crippen LogP contribution in [0.4, 0.5) is 17.1 Å². The van der Waals surface area contributed by atoms with Crippen molar-refractivity contribution in [2.75, 3.05) is 4.90 Å². The molecule has 0 bridgehead atoms. The van der Waals surface area contributed by atoms with Gasteiger partial charge in [-0.1, -0.05) is 121 Å². The second-order valence-corrected chi connectivity index (χ2v) is 11.0. The van der Waals surface area contributed by atoms with E-state index in [9.17, 15) is 0 Å². The molecule has 0 N–H and O–H groups in total. The van der Waals surface area contributed by atoms with Crippen LogP contribution in [0.2, 0.25) is 0 Å². The highest BCUT2D eigenvalue weighted by atomic mass is 15.1. The Morgan fingerprint density at radius 2 is 0.767 bits per heavy atom. The monoisotopic (exact) mass is 547 g/mol. The molecule has 0 heterocycles. The lowest BCUT2D eigenvalue weighted by atomic mass is 9.90. The highest BCUT2D eigenvalue weighted by Crippen LogP contribution is 2.40. The number of fused-ring (bicyclic) bond motifs is 4. The lowest BCUT2D eigenvalue weighted by Crippen LogP contribution is -2.09. The molecular weight excluding hydrogens is 518 g/mol. The number of hydrogen-bond donors (Lipinski definition) is 0. The third kappa shape index (κ3) is 4.62. The Labute approximate surface area is 251 Å². The minimum absolute atomic E-state index is 1.14. The van der Waals surface area contributed by atoms with Gasteiger partial charge in [-0.2, -0.15) is 0 Å². The first kappa shape index (κ1) is 25.1. The van der Waals surface area contributed by atoms with Gasteiger partial charge in [-0.05, 0) is 109 Å². The molecule has 8 aromatic carbocycles. The van der Waals surface area contributed by atoms with Crippen LogP contribution in [0.15, 0.2) is 176 Å². The van der Waals surface area contributed by atoms with Crippen LogP contribution in [-0.2, 0) is 0 Å². The Bertz CT molecular complexity index is 2180. The van der Waals surface area contributed by atoms with E-state index in [0.717, 1.165) is 17.1 Å². The second-order valence-electron chi connectivity index (χ2n) is 11.0. The molecule has 0 aliphatic rings. The minimum Gasteiger partial charge on any atom is -0.310 e. The molecule has 0 aliphatic carbocycles. The summed E-state index contributed by atoms with van der Waals surface area (Å²) in [4.78, 5) is 2.32. The molecule has 0 spiro atoms. The van der Waals surface area contributed by atoms with E-state index in [4.69, 9.17) is 0 Å². The topological polar surface area (TPSA) is 3.24 Å². The standard InChI is InChI=1S/C42H29N/c1-4-12-30(13-5-1)41-28-31-14-10-11-15-32(31)29-42(41)34-22-24-39-33(26-34)20-21-35-27-38(23-25-40(35)39)43(36-16-6-2-7-17-36)37-18-8-3-9-19-37/h1-29H. The zero-order valence-corrected chi connectivity index (χ0v) is 23.7. The molecule has 0 radical (unpaired) electrons. The molecular formula is C42H29N. The van der Waals surface area contributed by atoms with Crippen LogP contribution in [0, 0.1) is 0 Å². The lowest BCUT2D eigenvalue weighted by molar-refractivity contribution is 1.29. The quantitative estimate of drug-likeness (QED) is 0.194. The van der Waals surface area contributed by atoms with Gasteiger partial charge in [-0.3, -0.25) is 0 Å². The van der Waals surface area contributed by atoms with Crippen molar-refractivity contribution < 1.29 is 0 Å². The maximum atomic E-state index is 2.35. The molecule has 0 unspecified atom stereocenters.